The van der Waals surface area contributed by atoms with Gasteiger partial charge in [-0.05, 0) is 116 Å². The minimum absolute atomic E-state index is 0.214. The van der Waals surface area contributed by atoms with E-state index in [9.17, 15) is 18.4 Å². The number of halogens is 3. The van der Waals surface area contributed by atoms with Crippen molar-refractivity contribution < 1.29 is 18.4 Å². The van der Waals surface area contributed by atoms with Crippen LogP contribution in [0.25, 0.3) is 22.8 Å². The smallest absolute Gasteiger partial charge is 0.279 e. The molecular weight excluding hydrogens is 832 g/mol. The van der Waals surface area contributed by atoms with Gasteiger partial charge in [0.2, 0.25) is 0 Å². The van der Waals surface area contributed by atoms with Crippen LogP contribution in [0.2, 0.25) is 0 Å². The van der Waals surface area contributed by atoms with Crippen LogP contribution < -0.4 is 0 Å². The van der Waals surface area contributed by atoms with Crippen molar-refractivity contribution in [2.75, 3.05) is 19.6 Å². The van der Waals surface area contributed by atoms with Gasteiger partial charge >= 0.3 is 0 Å². The number of hydrogen-bond acceptors (Lipinski definition) is 9. The van der Waals surface area contributed by atoms with Crippen LogP contribution in [0.3, 0.4) is 0 Å². The highest BCUT2D eigenvalue weighted by Crippen LogP contribution is 2.18. The van der Waals surface area contributed by atoms with E-state index in [-0.39, 0.29) is 17.5 Å². The first-order chi connectivity index (χ1) is 31.2. The van der Waals surface area contributed by atoms with E-state index in [1.165, 1.54) is 48.6 Å². The SMILES string of the molecule is CCN(CC)CC.Fc1ccc(CCc2nc(-c3ccncc3)n[nH]2)cc1.O=C(Cl)c1ccccc1.O=C(c1ccccc1)n1nc(-c2ccncc2)nc1CCc1ccc(F)cc1. The van der Waals surface area contributed by atoms with Crippen LogP contribution in [0.1, 0.15) is 64.3 Å². The van der Waals surface area contributed by atoms with Crippen LogP contribution in [0.5, 0.6) is 0 Å². The van der Waals surface area contributed by atoms with Gasteiger partial charge in [-0.1, -0.05) is 93.6 Å². The van der Waals surface area contributed by atoms with Crippen molar-refractivity contribution in [3.05, 3.63) is 204 Å². The topological polar surface area (TPSA) is 135 Å². The van der Waals surface area contributed by atoms with Gasteiger partial charge < -0.3 is 4.90 Å². The molecule has 64 heavy (non-hydrogen) atoms. The van der Waals surface area contributed by atoms with Crippen molar-refractivity contribution in [1.29, 1.82) is 0 Å². The fraction of sp³-hybridized carbons (Fsp3) is 0.200. The van der Waals surface area contributed by atoms with Crippen molar-refractivity contribution in [2.45, 2.75) is 46.5 Å². The number of aromatic amines is 1. The Hall–Kier alpha value is -7.09. The van der Waals surface area contributed by atoms with Crippen LogP contribution in [0.15, 0.2) is 158 Å². The summed E-state index contributed by atoms with van der Waals surface area (Å²) in [6.07, 6.45) is 9.41. The summed E-state index contributed by atoms with van der Waals surface area (Å²) in [5.74, 6) is 1.80. The molecule has 0 amide bonds. The number of hydrogen-bond donors (Lipinski definition) is 1. The molecule has 0 bridgehead atoms. The molecule has 0 radical (unpaired) electrons. The second kappa shape index (κ2) is 25.8. The fourth-order valence-electron chi connectivity index (χ4n) is 6.09. The van der Waals surface area contributed by atoms with Crippen LogP contribution in [-0.4, -0.2) is 75.6 Å². The first-order valence-corrected chi connectivity index (χ1v) is 21.3. The van der Waals surface area contributed by atoms with Gasteiger partial charge in [0.15, 0.2) is 11.6 Å². The van der Waals surface area contributed by atoms with E-state index in [0.29, 0.717) is 41.4 Å². The van der Waals surface area contributed by atoms with Gasteiger partial charge in [0.1, 0.15) is 23.3 Å². The van der Waals surface area contributed by atoms with Crippen molar-refractivity contribution in [2.24, 2.45) is 0 Å². The standard InChI is InChI=1S/C22H17FN4O.C15H13FN4.C7H5ClO.C6H15N/c23-19-9-6-16(7-10-19)8-11-20-25-21(17-12-14-24-15-13-17)26-27(20)22(28)18-4-2-1-3-5-18;16-13-4-1-11(2-5-13)3-6-14-18-15(20-19-14)12-7-9-17-10-8-12;8-7(9)6-4-2-1-3-5-6;1-4-7(5-2)6-3/h1-7,9-10,12-15H,8,11H2;1-2,4-5,7-10H,3,6H2,(H,18,19,20);1-5H;4-6H2,1-3H3. The van der Waals surface area contributed by atoms with Crippen LogP contribution in [0, 0.1) is 11.6 Å². The Morgan fingerprint density at radius 2 is 1.05 bits per heavy atom. The summed E-state index contributed by atoms with van der Waals surface area (Å²) in [4.78, 5) is 42.8. The Morgan fingerprint density at radius 3 is 1.50 bits per heavy atom. The molecule has 0 atom stereocenters. The summed E-state index contributed by atoms with van der Waals surface area (Å²) in [7, 11) is 0. The summed E-state index contributed by atoms with van der Waals surface area (Å²) >= 11 is 5.16. The number of H-pyrrole nitrogens is 1. The van der Waals surface area contributed by atoms with E-state index < -0.39 is 5.24 Å². The number of nitrogens with one attached hydrogen (secondary N) is 1. The second-order valence-corrected chi connectivity index (χ2v) is 14.4. The summed E-state index contributed by atoms with van der Waals surface area (Å²) in [5, 5.41) is 11.2. The largest absolute Gasteiger partial charge is 0.304 e. The van der Waals surface area contributed by atoms with E-state index in [0.717, 1.165) is 40.9 Å². The number of nitrogens with zero attached hydrogens (tertiary/aromatic N) is 8. The first kappa shape index (κ1) is 48.0. The quantitative estimate of drug-likeness (QED) is 0.112. The van der Waals surface area contributed by atoms with E-state index >= 15 is 0 Å². The summed E-state index contributed by atoms with van der Waals surface area (Å²) in [6.45, 7) is 10.1. The molecule has 0 spiro atoms. The molecular formula is C50H50ClF2N9O2. The highest BCUT2D eigenvalue weighted by Gasteiger charge is 2.18. The minimum atomic E-state index is -0.407. The van der Waals surface area contributed by atoms with Crippen molar-refractivity contribution >= 4 is 22.8 Å². The number of aromatic nitrogens is 8. The second-order valence-electron chi connectivity index (χ2n) is 14.0. The van der Waals surface area contributed by atoms with Gasteiger partial charge in [-0.3, -0.25) is 24.7 Å². The average Bonchev–Trinajstić information content (AvgIpc) is 4.01. The van der Waals surface area contributed by atoms with Crippen molar-refractivity contribution in [1.82, 2.24) is 44.8 Å². The Kier molecular flexibility index (Phi) is 19.3. The number of pyridine rings is 2. The third-order valence-corrected chi connectivity index (χ3v) is 9.97. The number of benzene rings is 4. The lowest BCUT2D eigenvalue weighted by Gasteiger charge is -2.13. The first-order valence-electron chi connectivity index (χ1n) is 20.9. The molecule has 11 nitrogen and oxygen atoms in total. The molecule has 328 valence electrons. The molecule has 1 N–H and O–H groups in total. The lowest BCUT2D eigenvalue weighted by molar-refractivity contribution is 0.0940. The molecule has 0 aliphatic heterocycles. The molecule has 0 saturated carbocycles. The molecule has 0 aliphatic rings. The zero-order chi connectivity index (χ0) is 45.5. The maximum absolute atomic E-state index is 13.1. The Bertz CT molecular complexity index is 2570. The van der Waals surface area contributed by atoms with Gasteiger partial charge in [-0.15, -0.1) is 5.10 Å². The summed E-state index contributed by atoms with van der Waals surface area (Å²) in [6, 6.07) is 37.9. The zero-order valence-corrected chi connectivity index (χ0v) is 36.7. The predicted octanol–water partition coefficient (Wildman–Crippen LogP) is 10.2. The Balaban J connectivity index is 0.000000185. The highest BCUT2D eigenvalue weighted by molar-refractivity contribution is 6.67. The van der Waals surface area contributed by atoms with Crippen molar-refractivity contribution in [3.8, 4) is 22.8 Å². The Morgan fingerprint density at radius 1 is 0.578 bits per heavy atom. The summed E-state index contributed by atoms with van der Waals surface area (Å²) in [5.41, 5.74) is 4.85. The predicted molar refractivity (Wildman–Crippen MR) is 247 cm³/mol. The van der Waals surface area contributed by atoms with E-state index in [1.807, 2.05) is 36.4 Å². The van der Waals surface area contributed by atoms with E-state index in [1.54, 1.807) is 97.6 Å². The van der Waals surface area contributed by atoms with E-state index in [2.05, 4.69) is 60.9 Å². The molecule has 14 heteroatoms. The Labute approximate surface area is 377 Å². The molecule has 8 aromatic rings. The van der Waals surface area contributed by atoms with Crippen LogP contribution in [0.4, 0.5) is 8.78 Å². The lowest BCUT2D eigenvalue weighted by atomic mass is 10.1. The van der Waals surface area contributed by atoms with Crippen LogP contribution in [-0.2, 0) is 25.7 Å². The average molecular weight is 882 g/mol. The van der Waals surface area contributed by atoms with Gasteiger partial charge in [0, 0.05) is 59.9 Å². The van der Waals surface area contributed by atoms with Gasteiger partial charge in [0.25, 0.3) is 11.1 Å². The monoisotopic (exact) mass is 881 g/mol. The highest BCUT2D eigenvalue weighted by atomic mass is 35.5. The van der Waals surface area contributed by atoms with E-state index in [4.69, 9.17) is 11.6 Å². The fourth-order valence-corrected chi connectivity index (χ4v) is 6.22. The number of aryl methyl sites for hydroxylation is 4. The third-order valence-electron chi connectivity index (χ3n) is 9.75. The van der Waals surface area contributed by atoms with Gasteiger partial charge in [0.05, 0.1) is 0 Å². The number of rotatable bonds is 13. The molecule has 0 fully saturated rings. The zero-order valence-electron chi connectivity index (χ0n) is 36.0. The normalized spacial score (nSPS) is 10.4. The van der Waals surface area contributed by atoms with Gasteiger partial charge in [-0.2, -0.15) is 9.78 Å². The third kappa shape index (κ3) is 15.4. The summed E-state index contributed by atoms with van der Waals surface area (Å²) < 4.78 is 27.3. The molecule has 8 rings (SSSR count). The molecule has 4 aromatic heterocycles. The van der Waals surface area contributed by atoms with Crippen LogP contribution >= 0.6 is 11.6 Å². The minimum Gasteiger partial charge on any atom is -0.304 e. The molecule has 4 aromatic carbocycles. The molecule has 0 aliphatic carbocycles. The van der Waals surface area contributed by atoms with Gasteiger partial charge in [-0.25, -0.2) is 18.7 Å². The van der Waals surface area contributed by atoms with Crippen molar-refractivity contribution in [3.63, 3.8) is 0 Å². The molecule has 0 saturated heterocycles. The number of carbonyl (C=O) groups is 2. The maximum Gasteiger partial charge on any atom is 0.279 e. The lowest BCUT2D eigenvalue weighted by Crippen LogP contribution is -2.21. The maximum atomic E-state index is 13.1. The number of carbonyl (C=O) groups excluding carboxylic acids is 2. The molecule has 4 heterocycles. The molecule has 0 unspecified atom stereocenters.